The fourth-order valence-corrected chi connectivity index (χ4v) is 2.14. The Hall–Kier alpha value is -1.91. The molecule has 0 radical (unpaired) electrons. The molecule has 5 heteroatoms. The van der Waals surface area contributed by atoms with Crippen molar-refractivity contribution in [3.05, 3.63) is 58.4 Å². The molecular weight excluding hydrogens is 278 g/mol. The van der Waals surface area contributed by atoms with Gasteiger partial charge in [0.15, 0.2) is 0 Å². The van der Waals surface area contributed by atoms with Gasteiger partial charge in [-0.3, -0.25) is 9.59 Å². The van der Waals surface area contributed by atoms with Gasteiger partial charge in [0.2, 0.25) is 0 Å². The Morgan fingerprint density at radius 3 is 2.50 bits per heavy atom. The fraction of sp³-hybridized carbons (Fsp3) is 0.200. The van der Waals surface area contributed by atoms with Gasteiger partial charge >= 0.3 is 0 Å². The van der Waals surface area contributed by atoms with Gasteiger partial charge in [0.05, 0.1) is 17.9 Å². The van der Waals surface area contributed by atoms with E-state index in [0.717, 1.165) is 11.3 Å². The molecule has 0 spiro atoms. The molecule has 0 atom stereocenters. The molecule has 0 N–H and O–H groups in total. The van der Waals surface area contributed by atoms with Crippen molar-refractivity contribution < 1.29 is 9.53 Å². The Morgan fingerprint density at radius 2 is 1.90 bits per heavy atom. The number of rotatable bonds is 5. The second-order valence-corrected chi connectivity index (χ2v) is 4.56. The lowest BCUT2D eigenvalue weighted by molar-refractivity contribution is 0.107. The summed E-state index contributed by atoms with van der Waals surface area (Å²) in [6, 6.07) is 12.7. The third-order valence-corrected chi connectivity index (χ3v) is 3.18. The van der Waals surface area contributed by atoms with E-state index in [2.05, 4.69) is 0 Å². The number of pyridine rings is 1. The number of carbonyl (C=O) groups is 1. The second kappa shape index (κ2) is 6.50. The van der Waals surface area contributed by atoms with E-state index in [4.69, 9.17) is 16.3 Å². The second-order valence-electron chi connectivity index (χ2n) is 4.22. The van der Waals surface area contributed by atoms with Gasteiger partial charge in [-0.1, -0.05) is 30.3 Å². The third-order valence-electron chi connectivity index (χ3n) is 2.97. The van der Waals surface area contributed by atoms with Crippen LogP contribution in [0.4, 0.5) is 0 Å². The third kappa shape index (κ3) is 2.98. The maximum absolute atomic E-state index is 12.3. The lowest BCUT2D eigenvalue weighted by Gasteiger charge is -2.13. The molecule has 0 saturated carbocycles. The van der Waals surface area contributed by atoms with Crippen molar-refractivity contribution in [3.63, 3.8) is 0 Å². The predicted octanol–water partition coefficient (Wildman–Crippen LogP) is 2.54. The average Bonchev–Trinajstić information content (AvgIpc) is 2.46. The molecule has 0 aliphatic heterocycles. The van der Waals surface area contributed by atoms with Crippen LogP contribution in [0.5, 0.6) is 0 Å². The van der Waals surface area contributed by atoms with Crippen LogP contribution in [-0.2, 0) is 11.3 Å². The van der Waals surface area contributed by atoms with Crippen LogP contribution in [0.15, 0.2) is 47.3 Å². The minimum absolute atomic E-state index is 0.0255. The first kappa shape index (κ1) is 14.5. The molecule has 0 unspecified atom stereocenters. The highest BCUT2D eigenvalue weighted by Crippen LogP contribution is 2.18. The Balaban J connectivity index is 2.60. The quantitative estimate of drug-likeness (QED) is 0.796. The number of nitrogens with zero attached hydrogens (tertiary/aromatic N) is 1. The summed E-state index contributed by atoms with van der Waals surface area (Å²) < 4.78 is 6.52. The van der Waals surface area contributed by atoms with Crippen LogP contribution in [0, 0.1) is 0 Å². The van der Waals surface area contributed by atoms with E-state index < -0.39 is 10.8 Å². The van der Waals surface area contributed by atoms with Gasteiger partial charge in [-0.25, -0.2) is 0 Å². The van der Waals surface area contributed by atoms with Gasteiger partial charge in [-0.05, 0) is 29.3 Å². The van der Waals surface area contributed by atoms with Crippen molar-refractivity contribution in [2.75, 3.05) is 13.7 Å². The molecule has 4 nitrogen and oxygen atoms in total. The molecular formula is C15H14ClNO3. The molecule has 0 saturated heterocycles. The molecule has 0 bridgehead atoms. The number of benzene rings is 1. The van der Waals surface area contributed by atoms with E-state index in [1.807, 2.05) is 30.3 Å². The fourth-order valence-electron chi connectivity index (χ4n) is 1.99. The van der Waals surface area contributed by atoms with Gasteiger partial charge in [0, 0.05) is 13.7 Å². The molecule has 104 valence electrons. The molecule has 0 fully saturated rings. The molecule has 1 heterocycles. The summed E-state index contributed by atoms with van der Waals surface area (Å²) in [6.07, 6.45) is 0. The minimum Gasteiger partial charge on any atom is -0.383 e. The van der Waals surface area contributed by atoms with Crippen molar-refractivity contribution in [2.45, 2.75) is 6.54 Å². The normalized spacial score (nSPS) is 10.5. The molecule has 0 amide bonds. The first-order chi connectivity index (χ1) is 9.65. The monoisotopic (exact) mass is 291 g/mol. The van der Waals surface area contributed by atoms with Crippen LogP contribution in [0.2, 0.25) is 0 Å². The van der Waals surface area contributed by atoms with Gasteiger partial charge in [0.25, 0.3) is 10.8 Å². The van der Waals surface area contributed by atoms with E-state index >= 15 is 0 Å². The van der Waals surface area contributed by atoms with Crippen LogP contribution in [0.25, 0.3) is 11.3 Å². The molecule has 0 aliphatic rings. The number of halogens is 1. The average molecular weight is 292 g/mol. The Kier molecular flexibility index (Phi) is 4.71. The number of carbonyl (C=O) groups excluding carboxylic acids is 1. The zero-order chi connectivity index (χ0) is 14.5. The molecule has 2 aromatic rings. The number of hydrogen-bond donors (Lipinski definition) is 0. The van der Waals surface area contributed by atoms with Crippen molar-refractivity contribution in [2.24, 2.45) is 0 Å². The summed E-state index contributed by atoms with van der Waals surface area (Å²) in [5.74, 6) is 0. The summed E-state index contributed by atoms with van der Waals surface area (Å²) in [7, 11) is 1.56. The maximum Gasteiger partial charge on any atom is 0.263 e. The molecule has 0 aliphatic carbocycles. The number of hydrogen-bond acceptors (Lipinski definition) is 3. The highest BCUT2D eigenvalue weighted by Gasteiger charge is 2.14. The number of methoxy groups -OCH3 is 1. The zero-order valence-electron chi connectivity index (χ0n) is 11.0. The lowest BCUT2D eigenvalue weighted by Crippen LogP contribution is -2.27. The van der Waals surface area contributed by atoms with Gasteiger partial charge in [-0.2, -0.15) is 0 Å². The van der Waals surface area contributed by atoms with E-state index in [9.17, 15) is 9.59 Å². The van der Waals surface area contributed by atoms with Crippen molar-refractivity contribution in [1.82, 2.24) is 4.57 Å². The Bertz CT molecular complexity index is 665. The summed E-state index contributed by atoms with van der Waals surface area (Å²) in [5.41, 5.74) is 1.20. The van der Waals surface area contributed by atoms with Crippen molar-refractivity contribution in [3.8, 4) is 11.3 Å². The first-order valence-electron chi connectivity index (χ1n) is 6.13. The topological polar surface area (TPSA) is 48.3 Å². The SMILES string of the molecule is COCCn1c(-c2ccccc2)ccc(C(=O)Cl)c1=O. The number of aromatic nitrogens is 1. The van der Waals surface area contributed by atoms with Gasteiger partial charge in [0.1, 0.15) is 0 Å². The lowest BCUT2D eigenvalue weighted by atomic mass is 10.1. The van der Waals surface area contributed by atoms with Crippen LogP contribution < -0.4 is 5.56 Å². The summed E-state index contributed by atoms with van der Waals surface area (Å²) in [4.78, 5) is 23.6. The Morgan fingerprint density at radius 1 is 1.20 bits per heavy atom. The first-order valence-corrected chi connectivity index (χ1v) is 6.51. The highest BCUT2D eigenvalue weighted by molar-refractivity contribution is 6.67. The molecule has 1 aromatic heterocycles. The van der Waals surface area contributed by atoms with Crippen molar-refractivity contribution >= 4 is 16.8 Å². The van der Waals surface area contributed by atoms with Crippen LogP contribution >= 0.6 is 11.6 Å². The minimum atomic E-state index is -0.749. The highest BCUT2D eigenvalue weighted by atomic mass is 35.5. The largest absolute Gasteiger partial charge is 0.383 e. The van der Waals surface area contributed by atoms with E-state index in [1.165, 1.54) is 10.6 Å². The van der Waals surface area contributed by atoms with Crippen LogP contribution in [0.3, 0.4) is 0 Å². The maximum atomic E-state index is 12.3. The summed E-state index contributed by atoms with van der Waals surface area (Å²) in [6.45, 7) is 0.733. The number of ether oxygens (including phenoxy) is 1. The standard InChI is InChI=1S/C15H14ClNO3/c1-20-10-9-17-13(11-5-3-2-4-6-11)8-7-12(14(16)18)15(17)19/h2-8H,9-10H2,1H3. The summed E-state index contributed by atoms with van der Waals surface area (Å²) in [5, 5.41) is -0.749. The molecule has 1 aromatic carbocycles. The van der Waals surface area contributed by atoms with Crippen molar-refractivity contribution in [1.29, 1.82) is 0 Å². The molecule has 20 heavy (non-hydrogen) atoms. The predicted molar refractivity (Wildman–Crippen MR) is 78.2 cm³/mol. The van der Waals surface area contributed by atoms with E-state index in [0.29, 0.717) is 13.2 Å². The van der Waals surface area contributed by atoms with Crippen LogP contribution in [0.1, 0.15) is 10.4 Å². The summed E-state index contributed by atoms with van der Waals surface area (Å²) >= 11 is 5.43. The van der Waals surface area contributed by atoms with Gasteiger partial charge < -0.3 is 9.30 Å². The Labute approximate surface area is 121 Å². The van der Waals surface area contributed by atoms with Crippen LogP contribution in [-0.4, -0.2) is 23.5 Å². The molecule has 2 rings (SSSR count). The smallest absolute Gasteiger partial charge is 0.263 e. The van der Waals surface area contributed by atoms with E-state index in [1.54, 1.807) is 13.2 Å². The van der Waals surface area contributed by atoms with E-state index in [-0.39, 0.29) is 5.56 Å². The van der Waals surface area contributed by atoms with Gasteiger partial charge in [-0.15, -0.1) is 0 Å². The zero-order valence-corrected chi connectivity index (χ0v) is 11.8.